The van der Waals surface area contributed by atoms with Crippen LogP contribution in [0.25, 0.3) is 0 Å². The topological polar surface area (TPSA) is 32.3 Å². The lowest BCUT2D eigenvalue weighted by molar-refractivity contribution is -0.126. The summed E-state index contributed by atoms with van der Waals surface area (Å²) in [4.78, 5) is 13.2. The highest BCUT2D eigenvalue weighted by Crippen LogP contribution is 2.10. The van der Waals surface area contributed by atoms with Crippen LogP contribution in [0.1, 0.15) is 5.56 Å². The molecule has 1 heterocycles. The van der Waals surface area contributed by atoms with Crippen molar-refractivity contribution in [1.82, 2.24) is 10.2 Å². The smallest absolute Gasteiger partial charge is 0.251 e. The number of benzene rings is 1. The fourth-order valence-corrected chi connectivity index (χ4v) is 1.86. The number of thiocarbonyl (C=S) groups is 1. The first-order valence-electron chi connectivity index (χ1n) is 4.80. The van der Waals surface area contributed by atoms with Crippen molar-refractivity contribution in [1.29, 1.82) is 0 Å². The molecule has 1 aromatic carbocycles. The Morgan fingerprint density at radius 2 is 2.07 bits per heavy atom. The van der Waals surface area contributed by atoms with Gasteiger partial charge in [0.15, 0.2) is 5.11 Å². The SMILES string of the molecule is CN1C(=O)C(Cc2ccccc2)NC1=S. The van der Waals surface area contributed by atoms with Gasteiger partial charge in [0.2, 0.25) is 0 Å². The summed E-state index contributed by atoms with van der Waals surface area (Å²) < 4.78 is 0. The molecular formula is C11H12N2OS. The fraction of sp³-hybridized carbons (Fsp3) is 0.273. The first kappa shape index (κ1) is 10.1. The van der Waals surface area contributed by atoms with E-state index in [4.69, 9.17) is 12.2 Å². The molecule has 1 saturated heterocycles. The zero-order valence-corrected chi connectivity index (χ0v) is 9.25. The molecule has 1 aromatic rings. The summed E-state index contributed by atoms with van der Waals surface area (Å²) in [6.45, 7) is 0. The van der Waals surface area contributed by atoms with E-state index in [1.54, 1.807) is 7.05 Å². The molecule has 0 radical (unpaired) electrons. The van der Waals surface area contributed by atoms with Gasteiger partial charge in [-0.05, 0) is 17.8 Å². The van der Waals surface area contributed by atoms with E-state index in [1.165, 1.54) is 4.90 Å². The van der Waals surface area contributed by atoms with E-state index in [-0.39, 0.29) is 11.9 Å². The minimum Gasteiger partial charge on any atom is -0.350 e. The van der Waals surface area contributed by atoms with Crippen LogP contribution in [0.3, 0.4) is 0 Å². The Hall–Kier alpha value is -1.42. The molecule has 4 heteroatoms. The average Bonchev–Trinajstić information content (AvgIpc) is 2.48. The quantitative estimate of drug-likeness (QED) is 0.753. The van der Waals surface area contributed by atoms with Crippen LogP contribution in [-0.2, 0) is 11.2 Å². The van der Waals surface area contributed by atoms with Crippen LogP contribution in [0.15, 0.2) is 30.3 Å². The Morgan fingerprint density at radius 3 is 2.60 bits per heavy atom. The monoisotopic (exact) mass is 220 g/mol. The molecule has 0 spiro atoms. The Labute approximate surface area is 94.1 Å². The van der Waals surface area contributed by atoms with Crippen molar-refractivity contribution >= 4 is 23.2 Å². The predicted molar refractivity (Wildman–Crippen MR) is 62.4 cm³/mol. The van der Waals surface area contributed by atoms with Crippen molar-refractivity contribution in [3.63, 3.8) is 0 Å². The Bertz CT molecular complexity index is 391. The summed E-state index contributed by atoms with van der Waals surface area (Å²) in [7, 11) is 1.70. The summed E-state index contributed by atoms with van der Waals surface area (Å²) in [5, 5.41) is 3.52. The second-order valence-electron chi connectivity index (χ2n) is 3.59. The summed E-state index contributed by atoms with van der Waals surface area (Å²) in [6, 6.07) is 9.72. The standard InChI is InChI=1S/C11H12N2OS/c1-13-10(14)9(12-11(13)15)7-8-5-3-2-4-6-8/h2-6,9H,7H2,1H3,(H,12,15). The first-order chi connectivity index (χ1) is 7.18. The van der Waals surface area contributed by atoms with Crippen LogP contribution in [0.2, 0.25) is 0 Å². The summed E-state index contributed by atoms with van der Waals surface area (Å²) in [5.41, 5.74) is 1.14. The molecule has 2 rings (SSSR count). The second kappa shape index (κ2) is 3.98. The zero-order valence-electron chi connectivity index (χ0n) is 8.43. The number of carbonyl (C=O) groups is 1. The summed E-state index contributed by atoms with van der Waals surface area (Å²) >= 11 is 5.01. The average molecular weight is 220 g/mol. The molecule has 0 aromatic heterocycles. The molecule has 1 unspecified atom stereocenters. The highest BCUT2D eigenvalue weighted by atomic mass is 32.1. The van der Waals surface area contributed by atoms with E-state index in [0.29, 0.717) is 11.5 Å². The molecule has 1 fully saturated rings. The lowest BCUT2D eigenvalue weighted by atomic mass is 10.1. The molecule has 1 aliphatic heterocycles. The minimum atomic E-state index is -0.204. The number of likely N-dealkylation sites (N-methyl/N-ethyl adjacent to an activating group) is 1. The van der Waals surface area contributed by atoms with Crippen molar-refractivity contribution in [2.75, 3.05) is 7.05 Å². The van der Waals surface area contributed by atoms with E-state index in [9.17, 15) is 4.79 Å². The van der Waals surface area contributed by atoms with E-state index < -0.39 is 0 Å². The zero-order chi connectivity index (χ0) is 10.8. The van der Waals surface area contributed by atoms with Gasteiger partial charge in [-0.3, -0.25) is 9.69 Å². The number of rotatable bonds is 2. The van der Waals surface area contributed by atoms with Gasteiger partial charge in [0.25, 0.3) is 5.91 Å². The number of hydrogen-bond acceptors (Lipinski definition) is 2. The van der Waals surface area contributed by atoms with Gasteiger partial charge in [0, 0.05) is 13.5 Å². The van der Waals surface area contributed by atoms with Gasteiger partial charge in [0.05, 0.1) is 0 Å². The molecule has 0 bridgehead atoms. The van der Waals surface area contributed by atoms with E-state index in [1.807, 2.05) is 30.3 Å². The van der Waals surface area contributed by atoms with Crippen LogP contribution in [0.5, 0.6) is 0 Å². The number of carbonyl (C=O) groups excluding carboxylic acids is 1. The van der Waals surface area contributed by atoms with Crippen molar-refractivity contribution in [2.24, 2.45) is 0 Å². The van der Waals surface area contributed by atoms with Gasteiger partial charge in [-0.2, -0.15) is 0 Å². The van der Waals surface area contributed by atoms with Crippen molar-refractivity contribution in [2.45, 2.75) is 12.5 Å². The largest absolute Gasteiger partial charge is 0.350 e. The van der Waals surface area contributed by atoms with Gasteiger partial charge >= 0.3 is 0 Å². The Kier molecular flexibility index (Phi) is 2.68. The third kappa shape index (κ3) is 1.99. The van der Waals surface area contributed by atoms with Crippen LogP contribution in [0.4, 0.5) is 0 Å². The number of amides is 1. The number of hydrogen-bond donors (Lipinski definition) is 1. The number of nitrogens with one attached hydrogen (secondary N) is 1. The Balaban J connectivity index is 2.09. The van der Waals surface area contributed by atoms with Gasteiger partial charge < -0.3 is 5.32 Å². The van der Waals surface area contributed by atoms with Gasteiger partial charge in [-0.15, -0.1) is 0 Å². The van der Waals surface area contributed by atoms with Gasteiger partial charge in [-0.1, -0.05) is 30.3 Å². The summed E-state index contributed by atoms with van der Waals surface area (Å²) in [5.74, 6) is 0.0452. The van der Waals surface area contributed by atoms with Crippen LogP contribution in [0, 0.1) is 0 Å². The van der Waals surface area contributed by atoms with Crippen LogP contribution in [-0.4, -0.2) is 29.0 Å². The lowest BCUT2D eigenvalue weighted by Gasteiger charge is -2.07. The highest BCUT2D eigenvalue weighted by molar-refractivity contribution is 7.80. The maximum atomic E-state index is 11.7. The molecule has 0 aliphatic carbocycles. The molecule has 15 heavy (non-hydrogen) atoms. The maximum absolute atomic E-state index is 11.7. The number of nitrogens with zero attached hydrogens (tertiary/aromatic N) is 1. The predicted octanol–water partition coefficient (Wildman–Crippen LogP) is 0.944. The van der Waals surface area contributed by atoms with Crippen molar-refractivity contribution < 1.29 is 4.79 Å². The van der Waals surface area contributed by atoms with E-state index in [0.717, 1.165) is 5.56 Å². The third-order valence-electron chi connectivity index (χ3n) is 2.51. The molecular weight excluding hydrogens is 208 g/mol. The third-order valence-corrected chi connectivity index (χ3v) is 2.91. The maximum Gasteiger partial charge on any atom is 0.251 e. The second-order valence-corrected chi connectivity index (χ2v) is 3.98. The first-order valence-corrected chi connectivity index (χ1v) is 5.21. The molecule has 0 saturated carbocycles. The lowest BCUT2D eigenvalue weighted by Crippen LogP contribution is -2.31. The minimum absolute atomic E-state index is 0.0452. The van der Waals surface area contributed by atoms with Crippen LogP contribution >= 0.6 is 12.2 Å². The normalized spacial score (nSPS) is 20.6. The van der Waals surface area contributed by atoms with E-state index >= 15 is 0 Å². The Morgan fingerprint density at radius 1 is 1.40 bits per heavy atom. The molecule has 1 N–H and O–H groups in total. The highest BCUT2D eigenvalue weighted by Gasteiger charge is 2.32. The van der Waals surface area contributed by atoms with Crippen LogP contribution < -0.4 is 5.32 Å². The van der Waals surface area contributed by atoms with Crippen molar-refractivity contribution in [3.05, 3.63) is 35.9 Å². The summed E-state index contributed by atoms with van der Waals surface area (Å²) in [6.07, 6.45) is 0.685. The molecule has 1 aliphatic rings. The van der Waals surface area contributed by atoms with Gasteiger partial charge in [-0.25, -0.2) is 0 Å². The fourth-order valence-electron chi connectivity index (χ4n) is 1.63. The van der Waals surface area contributed by atoms with Gasteiger partial charge in [0.1, 0.15) is 6.04 Å². The van der Waals surface area contributed by atoms with E-state index in [2.05, 4.69) is 5.32 Å². The molecule has 1 amide bonds. The molecule has 78 valence electrons. The van der Waals surface area contributed by atoms with Crippen molar-refractivity contribution in [3.8, 4) is 0 Å². The molecule has 1 atom stereocenters. The molecule has 3 nitrogen and oxygen atoms in total.